The second kappa shape index (κ2) is 8.47. The summed E-state index contributed by atoms with van der Waals surface area (Å²) in [6.07, 6.45) is 1.80. The molecule has 120 valence electrons. The van der Waals surface area contributed by atoms with Gasteiger partial charge in [-0.25, -0.2) is 0 Å². The van der Waals surface area contributed by atoms with Gasteiger partial charge in [-0.3, -0.25) is 0 Å². The highest BCUT2D eigenvalue weighted by atomic mass is 35.5. The predicted molar refractivity (Wildman–Crippen MR) is 86.5 cm³/mol. The van der Waals surface area contributed by atoms with Gasteiger partial charge in [-0.05, 0) is 30.4 Å². The SMILES string of the molecule is CCCC(N)C(O)CC(C)c1cc(OC)c(OC)cc1Cl. The molecule has 0 aliphatic carbocycles. The standard InChI is InChI=1S/C16H26ClNO3/c1-5-6-13(18)14(19)7-10(2)11-8-15(20-3)16(21-4)9-12(11)17/h8-10,13-14,19H,5-7,18H2,1-4H3. The van der Waals surface area contributed by atoms with Crippen LogP contribution in [0.25, 0.3) is 0 Å². The minimum Gasteiger partial charge on any atom is -0.493 e. The molecular weight excluding hydrogens is 290 g/mol. The number of benzene rings is 1. The normalized spacial score (nSPS) is 15.4. The molecule has 1 aromatic carbocycles. The van der Waals surface area contributed by atoms with Crippen molar-refractivity contribution >= 4 is 11.6 Å². The summed E-state index contributed by atoms with van der Waals surface area (Å²) in [5.74, 6) is 1.31. The summed E-state index contributed by atoms with van der Waals surface area (Å²) in [6, 6.07) is 3.41. The predicted octanol–water partition coefficient (Wildman–Crippen LogP) is 3.34. The maximum Gasteiger partial charge on any atom is 0.162 e. The molecule has 1 rings (SSSR count). The van der Waals surface area contributed by atoms with Crippen LogP contribution in [0, 0.1) is 0 Å². The molecule has 0 aliphatic heterocycles. The van der Waals surface area contributed by atoms with E-state index in [2.05, 4.69) is 6.92 Å². The maximum absolute atomic E-state index is 10.2. The fraction of sp³-hybridized carbons (Fsp3) is 0.625. The van der Waals surface area contributed by atoms with Gasteiger partial charge >= 0.3 is 0 Å². The molecule has 0 saturated carbocycles. The first-order valence-electron chi connectivity index (χ1n) is 7.29. The smallest absolute Gasteiger partial charge is 0.162 e. The second-order valence-electron chi connectivity index (χ2n) is 5.39. The van der Waals surface area contributed by atoms with E-state index < -0.39 is 6.10 Å². The molecule has 0 saturated heterocycles. The van der Waals surface area contributed by atoms with Gasteiger partial charge in [0.25, 0.3) is 0 Å². The Morgan fingerprint density at radius 1 is 1.24 bits per heavy atom. The van der Waals surface area contributed by atoms with Gasteiger partial charge in [0.2, 0.25) is 0 Å². The number of hydrogen-bond donors (Lipinski definition) is 2. The van der Waals surface area contributed by atoms with Crippen molar-refractivity contribution in [2.75, 3.05) is 14.2 Å². The molecule has 0 amide bonds. The summed E-state index contributed by atoms with van der Waals surface area (Å²) in [7, 11) is 3.16. The monoisotopic (exact) mass is 315 g/mol. The third-order valence-electron chi connectivity index (χ3n) is 3.75. The average Bonchev–Trinajstić information content (AvgIpc) is 2.46. The zero-order valence-electron chi connectivity index (χ0n) is 13.2. The lowest BCUT2D eigenvalue weighted by Crippen LogP contribution is -2.35. The number of rotatable bonds is 8. The lowest BCUT2D eigenvalue weighted by Gasteiger charge is -2.23. The summed E-state index contributed by atoms with van der Waals surface area (Å²) >= 11 is 6.31. The van der Waals surface area contributed by atoms with Crippen LogP contribution in [0.2, 0.25) is 5.02 Å². The number of hydrogen-bond acceptors (Lipinski definition) is 4. The molecule has 0 radical (unpaired) electrons. The van der Waals surface area contributed by atoms with Crippen molar-refractivity contribution in [3.05, 3.63) is 22.7 Å². The van der Waals surface area contributed by atoms with E-state index in [1.54, 1.807) is 20.3 Å². The van der Waals surface area contributed by atoms with E-state index >= 15 is 0 Å². The van der Waals surface area contributed by atoms with Crippen LogP contribution in [0.1, 0.15) is 44.6 Å². The minimum absolute atomic E-state index is 0.0789. The van der Waals surface area contributed by atoms with E-state index in [1.807, 2.05) is 13.0 Å². The van der Waals surface area contributed by atoms with Crippen LogP contribution < -0.4 is 15.2 Å². The topological polar surface area (TPSA) is 64.7 Å². The van der Waals surface area contributed by atoms with Gasteiger partial charge in [0.1, 0.15) is 0 Å². The highest BCUT2D eigenvalue weighted by Crippen LogP contribution is 2.37. The molecule has 3 atom stereocenters. The molecule has 5 heteroatoms. The third kappa shape index (κ3) is 4.77. The van der Waals surface area contributed by atoms with E-state index in [-0.39, 0.29) is 12.0 Å². The van der Waals surface area contributed by atoms with Crippen LogP contribution in [0.3, 0.4) is 0 Å². The first kappa shape index (κ1) is 18.1. The van der Waals surface area contributed by atoms with Gasteiger partial charge in [-0.1, -0.05) is 31.9 Å². The van der Waals surface area contributed by atoms with E-state index in [9.17, 15) is 5.11 Å². The quantitative estimate of drug-likeness (QED) is 0.772. The van der Waals surface area contributed by atoms with Crippen LogP contribution in [0.15, 0.2) is 12.1 Å². The van der Waals surface area contributed by atoms with Gasteiger partial charge < -0.3 is 20.3 Å². The van der Waals surface area contributed by atoms with E-state index in [4.69, 9.17) is 26.8 Å². The summed E-state index contributed by atoms with van der Waals surface area (Å²) in [6.45, 7) is 4.08. The molecule has 4 nitrogen and oxygen atoms in total. The summed E-state index contributed by atoms with van der Waals surface area (Å²) in [4.78, 5) is 0. The molecule has 0 fully saturated rings. The van der Waals surface area contributed by atoms with Gasteiger partial charge in [0.15, 0.2) is 11.5 Å². The van der Waals surface area contributed by atoms with Gasteiger partial charge in [0, 0.05) is 17.1 Å². The highest BCUT2D eigenvalue weighted by Gasteiger charge is 2.21. The number of halogens is 1. The average molecular weight is 316 g/mol. The Labute approximate surface area is 132 Å². The Hall–Kier alpha value is -0.970. The lowest BCUT2D eigenvalue weighted by atomic mass is 9.91. The van der Waals surface area contributed by atoms with Gasteiger partial charge in [0.05, 0.1) is 20.3 Å². The molecule has 1 aromatic rings. The first-order chi connectivity index (χ1) is 9.94. The van der Waals surface area contributed by atoms with E-state index in [1.165, 1.54) is 0 Å². The third-order valence-corrected chi connectivity index (χ3v) is 4.07. The van der Waals surface area contributed by atoms with Crippen molar-refractivity contribution in [3.63, 3.8) is 0 Å². The van der Waals surface area contributed by atoms with Crippen LogP contribution in [-0.4, -0.2) is 31.5 Å². The van der Waals surface area contributed by atoms with E-state index in [0.717, 1.165) is 18.4 Å². The molecule has 0 bridgehead atoms. The van der Waals surface area contributed by atoms with Crippen LogP contribution in [-0.2, 0) is 0 Å². The van der Waals surface area contributed by atoms with Crippen molar-refractivity contribution in [1.82, 2.24) is 0 Å². The van der Waals surface area contributed by atoms with Gasteiger partial charge in [-0.2, -0.15) is 0 Å². The number of methoxy groups -OCH3 is 2. The Morgan fingerprint density at radius 3 is 2.33 bits per heavy atom. The molecule has 3 unspecified atom stereocenters. The Bertz CT molecular complexity index is 453. The first-order valence-corrected chi connectivity index (χ1v) is 7.67. The molecule has 0 aromatic heterocycles. The van der Waals surface area contributed by atoms with Crippen LogP contribution in [0.5, 0.6) is 11.5 Å². The number of nitrogens with two attached hydrogens (primary N) is 1. The van der Waals surface area contributed by atoms with Crippen LogP contribution >= 0.6 is 11.6 Å². The molecule has 21 heavy (non-hydrogen) atoms. The summed E-state index contributed by atoms with van der Waals surface area (Å²) in [5.41, 5.74) is 6.89. The Morgan fingerprint density at radius 2 is 1.81 bits per heavy atom. The molecular formula is C16H26ClNO3. The van der Waals surface area contributed by atoms with Gasteiger partial charge in [-0.15, -0.1) is 0 Å². The van der Waals surface area contributed by atoms with Crippen molar-refractivity contribution in [2.24, 2.45) is 5.73 Å². The molecule has 3 N–H and O–H groups in total. The molecule has 0 spiro atoms. The van der Waals surface area contributed by atoms with Crippen LogP contribution in [0.4, 0.5) is 0 Å². The van der Waals surface area contributed by atoms with Crippen molar-refractivity contribution in [2.45, 2.75) is 51.2 Å². The zero-order chi connectivity index (χ0) is 16.0. The zero-order valence-corrected chi connectivity index (χ0v) is 14.0. The number of aliphatic hydroxyl groups is 1. The lowest BCUT2D eigenvalue weighted by molar-refractivity contribution is 0.124. The van der Waals surface area contributed by atoms with Crippen molar-refractivity contribution < 1.29 is 14.6 Å². The second-order valence-corrected chi connectivity index (χ2v) is 5.79. The Balaban J connectivity index is 2.89. The fourth-order valence-electron chi connectivity index (χ4n) is 2.44. The van der Waals surface area contributed by atoms with Crippen molar-refractivity contribution in [1.29, 1.82) is 0 Å². The molecule has 0 aliphatic rings. The maximum atomic E-state index is 10.2. The highest BCUT2D eigenvalue weighted by molar-refractivity contribution is 6.31. The summed E-state index contributed by atoms with van der Waals surface area (Å²) < 4.78 is 10.5. The van der Waals surface area contributed by atoms with E-state index in [0.29, 0.717) is 22.9 Å². The molecule has 0 heterocycles. The van der Waals surface area contributed by atoms with Crippen molar-refractivity contribution in [3.8, 4) is 11.5 Å². The fourth-order valence-corrected chi connectivity index (χ4v) is 2.78. The number of ether oxygens (including phenoxy) is 2. The minimum atomic E-state index is -0.538. The Kier molecular flexibility index (Phi) is 7.29. The number of aliphatic hydroxyl groups excluding tert-OH is 1. The summed E-state index contributed by atoms with van der Waals surface area (Å²) in [5, 5.41) is 10.8. The largest absolute Gasteiger partial charge is 0.493 e.